The quantitative estimate of drug-likeness (QED) is 0.704. The lowest BCUT2D eigenvalue weighted by atomic mass is 10.2. The fourth-order valence-electron chi connectivity index (χ4n) is 2.06. The van der Waals surface area contributed by atoms with Crippen LogP contribution in [0.2, 0.25) is 0 Å². The Labute approximate surface area is 148 Å². The molecule has 24 heavy (non-hydrogen) atoms. The molecule has 0 radical (unpaired) electrons. The van der Waals surface area contributed by atoms with Crippen molar-refractivity contribution >= 4 is 44.8 Å². The molecule has 126 valence electrons. The van der Waals surface area contributed by atoms with E-state index in [9.17, 15) is 9.59 Å². The third kappa shape index (κ3) is 5.27. The smallest absolute Gasteiger partial charge is 0.243 e. The Balaban J connectivity index is 2.03. The molecule has 2 rings (SSSR count). The first-order valence-electron chi connectivity index (χ1n) is 7.23. The predicted octanol–water partition coefficient (Wildman–Crippen LogP) is 3.47. The summed E-state index contributed by atoms with van der Waals surface area (Å²) in [7, 11) is 1.52. The minimum atomic E-state index is -0.228. The van der Waals surface area contributed by atoms with E-state index in [4.69, 9.17) is 4.74 Å². The van der Waals surface area contributed by atoms with Gasteiger partial charge in [0.1, 0.15) is 5.75 Å². The fourth-order valence-corrected chi connectivity index (χ4v) is 2.46. The number of rotatable bonds is 6. The number of anilines is 3. The van der Waals surface area contributed by atoms with Crippen LogP contribution in [0.3, 0.4) is 0 Å². The molecule has 3 N–H and O–H groups in total. The van der Waals surface area contributed by atoms with Crippen LogP contribution in [-0.4, -0.2) is 25.5 Å². The van der Waals surface area contributed by atoms with Crippen LogP contribution in [0.15, 0.2) is 46.9 Å². The van der Waals surface area contributed by atoms with E-state index in [1.165, 1.54) is 14.0 Å². The Hall–Kier alpha value is -2.54. The van der Waals surface area contributed by atoms with Crippen molar-refractivity contribution in [3.8, 4) is 5.75 Å². The van der Waals surface area contributed by atoms with E-state index >= 15 is 0 Å². The standard InChI is InChI=1S/C17H18BrN3O3/c1-11(22)20-14-6-7-16(24-2)15(9-14)21-17(23)10-19-13-5-3-4-12(18)8-13/h3-9,19H,10H2,1-2H3,(H,20,22)(H,21,23). The maximum Gasteiger partial charge on any atom is 0.243 e. The summed E-state index contributed by atoms with van der Waals surface area (Å²) in [6.07, 6.45) is 0. The monoisotopic (exact) mass is 391 g/mol. The largest absolute Gasteiger partial charge is 0.495 e. The third-order valence-electron chi connectivity index (χ3n) is 3.07. The molecule has 0 atom stereocenters. The van der Waals surface area contributed by atoms with Crippen LogP contribution in [0.1, 0.15) is 6.92 Å². The van der Waals surface area contributed by atoms with E-state index in [1.54, 1.807) is 18.2 Å². The van der Waals surface area contributed by atoms with E-state index in [0.29, 0.717) is 17.1 Å². The summed E-state index contributed by atoms with van der Waals surface area (Å²) in [6, 6.07) is 12.6. The van der Waals surface area contributed by atoms with Crippen molar-refractivity contribution in [2.75, 3.05) is 29.6 Å². The van der Waals surface area contributed by atoms with E-state index in [2.05, 4.69) is 31.9 Å². The number of benzene rings is 2. The van der Waals surface area contributed by atoms with Crippen LogP contribution in [0.25, 0.3) is 0 Å². The van der Waals surface area contributed by atoms with E-state index in [-0.39, 0.29) is 18.4 Å². The van der Waals surface area contributed by atoms with Gasteiger partial charge in [-0.05, 0) is 36.4 Å². The van der Waals surface area contributed by atoms with Crippen LogP contribution in [-0.2, 0) is 9.59 Å². The molecule has 0 saturated heterocycles. The molecule has 2 aromatic carbocycles. The summed E-state index contributed by atoms with van der Waals surface area (Å²) in [5, 5.41) is 8.47. The first-order chi connectivity index (χ1) is 11.5. The van der Waals surface area contributed by atoms with Gasteiger partial charge in [-0.1, -0.05) is 22.0 Å². The zero-order chi connectivity index (χ0) is 17.5. The molecule has 0 spiro atoms. The van der Waals surface area contributed by atoms with Gasteiger partial charge in [0.05, 0.1) is 19.3 Å². The molecule has 0 unspecified atom stereocenters. The molecule has 0 aromatic heterocycles. The highest BCUT2D eigenvalue weighted by molar-refractivity contribution is 9.10. The highest BCUT2D eigenvalue weighted by atomic mass is 79.9. The van der Waals surface area contributed by atoms with Gasteiger partial charge in [-0.25, -0.2) is 0 Å². The minimum absolute atomic E-state index is 0.101. The summed E-state index contributed by atoms with van der Waals surface area (Å²) in [4.78, 5) is 23.3. The van der Waals surface area contributed by atoms with Crippen LogP contribution < -0.4 is 20.7 Å². The summed E-state index contributed by atoms with van der Waals surface area (Å²) >= 11 is 3.38. The van der Waals surface area contributed by atoms with Gasteiger partial charge in [-0.2, -0.15) is 0 Å². The molecule has 0 heterocycles. The Bertz CT molecular complexity index is 750. The Morgan fingerprint density at radius 2 is 1.88 bits per heavy atom. The maximum atomic E-state index is 12.1. The van der Waals surface area contributed by atoms with Gasteiger partial charge >= 0.3 is 0 Å². The van der Waals surface area contributed by atoms with Crippen molar-refractivity contribution in [1.29, 1.82) is 0 Å². The van der Waals surface area contributed by atoms with Crippen molar-refractivity contribution < 1.29 is 14.3 Å². The van der Waals surface area contributed by atoms with Gasteiger partial charge < -0.3 is 20.7 Å². The molecule has 6 nitrogen and oxygen atoms in total. The molecule has 0 aliphatic heterocycles. The second-order valence-corrected chi connectivity index (χ2v) is 5.92. The highest BCUT2D eigenvalue weighted by Crippen LogP contribution is 2.27. The van der Waals surface area contributed by atoms with Crippen LogP contribution in [0.4, 0.5) is 17.1 Å². The zero-order valence-corrected chi connectivity index (χ0v) is 14.9. The number of methoxy groups -OCH3 is 1. The average molecular weight is 392 g/mol. The number of halogens is 1. The minimum Gasteiger partial charge on any atom is -0.495 e. The molecule has 7 heteroatoms. The molecule has 0 bridgehead atoms. The first kappa shape index (κ1) is 17.8. The SMILES string of the molecule is COc1ccc(NC(C)=O)cc1NC(=O)CNc1cccc(Br)c1. The fraction of sp³-hybridized carbons (Fsp3) is 0.176. The molecule has 2 aromatic rings. The van der Waals surface area contributed by atoms with Gasteiger partial charge in [0.2, 0.25) is 11.8 Å². The number of amides is 2. The van der Waals surface area contributed by atoms with Crippen molar-refractivity contribution in [1.82, 2.24) is 0 Å². The van der Waals surface area contributed by atoms with Crippen LogP contribution in [0.5, 0.6) is 5.75 Å². The Kier molecular flexibility index (Phi) is 6.20. The lowest BCUT2D eigenvalue weighted by Gasteiger charge is -2.13. The van der Waals surface area contributed by atoms with Crippen molar-refractivity contribution in [3.63, 3.8) is 0 Å². The van der Waals surface area contributed by atoms with E-state index in [1.807, 2.05) is 24.3 Å². The summed E-state index contributed by atoms with van der Waals surface area (Å²) < 4.78 is 6.16. The molecule has 2 amide bonds. The number of carbonyl (C=O) groups excluding carboxylic acids is 2. The Morgan fingerprint density at radius 1 is 1.08 bits per heavy atom. The van der Waals surface area contributed by atoms with Crippen molar-refractivity contribution in [3.05, 3.63) is 46.9 Å². The molecular weight excluding hydrogens is 374 g/mol. The van der Waals surface area contributed by atoms with E-state index in [0.717, 1.165) is 10.2 Å². The van der Waals surface area contributed by atoms with Crippen molar-refractivity contribution in [2.45, 2.75) is 6.92 Å². The van der Waals surface area contributed by atoms with Crippen LogP contribution >= 0.6 is 15.9 Å². The second kappa shape index (κ2) is 8.35. The molecule has 0 fully saturated rings. The highest BCUT2D eigenvalue weighted by Gasteiger charge is 2.09. The number of carbonyl (C=O) groups is 2. The normalized spacial score (nSPS) is 9.96. The number of ether oxygens (including phenoxy) is 1. The molecule has 0 aliphatic rings. The molecule has 0 saturated carbocycles. The summed E-state index contributed by atoms with van der Waals surface area (Å²) in [5.74, 6) is 0.0990. The maximum absolute atomic E-state index is 12.1. The summed E-state index contributed by atoms with van der Waals surface area (Å²) in [6.45, 7) is 1.52. The van der Waals surface area contributed by atoms with E-state index < -0.39 is 0 Å². The van der Waals surface area contributed by atoms with Gasteiger partial charge in [0, 0.05) is 22.8 Å². The van der Waals surface area contributed by atoms with Gasteiger partial charge in [-0.3, -0.25) is 9.59 Å². The number of hydrogen-bond donors (Lipinski definition) is 3. The van der Waals surface area contributed by atoms with Crippen LogP contribution in [0, 0.1) is 0 Å². The third-order valence-corrected chi connectivity index (χ3v) is 3.56. The second-order valence-electron chi connectivity index (χ2n) is 5.01. The lowest BCUT2D eigenvalue weighted by molar-refractivity contribution is -0.115. The zero-order valence-electron chi connectivity index (χ0n) is 13.4. The molecular formula is C17H18BrN3O3. The first-order valence-corrected chi connectivity index (χ1v) is 8.02. The van der Waals surface area contributed by atoms with Gasteiger partial charge in [0.15, 0.2) is 0 Å². The topological polar surface area (TPSA) is 79.5 Å². The summed E-state index contributed by atoms with van der Waals surface area (Å²) in [5.41, 5.74) is 1.90. The Morgan fingerprint density at radius 3 is 2.54 bits per heavy atom. The van der Waals surface area contributed by atoms with Crippen molar-refractivity contribution in [2.24, 2.45) is 0 Å². The van der Waals surface area contributed by atoms with Gasteiger partial charge in [-0.15, -0.1) is 0 Å². The lowest BCUT2D eigenvalue weighted by Crippen LogP contribution is -2.22. The predicted molar refractivity (Wildman–Crippen MR) is 98.6 cm³/mol. The average Bonchev–Trinajstić information content (AvgIpc) is 2.53. The molecule has 0 aliphatic carbocycles. The number of hydrogen-bond acceptors (Lipinski definition) is 4. The van der Waals surface area contributed by atoms with Gasteiger partial charge in [0.25, 0.3) is 0 Å². The number of nitrogens with one attached hydrogen (secondary N) is 3.